The molecule has 11 nitrogen and oxygen atoms in total. The highest BCUT2D eigenvalue weighted by atomic mass is 19.2. The number of nitrogens with zero attached hydrogens (tertiary/aromatic N) is 8. The number of nitriles is 1. The first kappa shape index (κ1) is 29.0. The van der Waals surface area contributed by atoms with Gasteiger partial charge in [-0.25, -0.2) is 13.2 Å². The van der Waals surface area contributed by atoms with Gasteiger partial charge in [-0.3, -0.25) is 9.88 Å². The van der Waals surface area contributed by atoms with Crippen molar-refractivity contribution in [3.8, 4) is 29.2 Å². The van der Waals surface area contributed by atoms with Crippen LogP contribution in [0.5, 0.6) is 11.8 Å². The van der Waals surface area contributed by atoms with E-state index in [4.69, 9.17) is 14.2 Å². The lowest BCUT2D eigenvalue weighted by molar-refractivity contribution is 0.0845. The van der Waals surface area contributed by atoms with Gasteiger partial charge in [0.05, 0.1) is 16.6 Å². The van der Waals surface area contributed by atoms with Crippen molar-refractivity contribution in [1.82, 2.24) is 29.9 Å². The molecule has 2 aromatic carbocycles. The second-order valence-corrected chi connectivity index (χ2v) is 13.1. The molecule has 1 aliphatic carbocycles. The molecule has 0 bridgehead atoms. The zero-order valence-electron chi connectivity index (χ0n) is 25.7. The van der Waals surface area contributed by atoms with E-state index in [0.29, 0.717) is 55.9 Å². The number of fused-ring (bicyclic) bond motifs is 7. The minimum absolute atomic E-state index is 0.0156. The fourth-order valence-electron chi connectivity index (χ4n) is 8.46. The molecule has 3 atom stereocenters. The molecule has 3 saturated heterocycles. The third kappa shape index (κ3) is 4.30. The Morgan fingerprint density at radius 3 is 2.77 bits per heavy atom. The number of phenolic OH excluding ortho intramolecular Hbond substituents is 1. The Balaban J connectivity index is 1.13. The lowest BCUT2D eigenvalue weighted by Gasteiger charge is -2.35. The number of phenols is 1. The van der Waals surface area contributed by atoms with Gasteiger partial charge in [0.15, 0.2) is 23.6 Å². The Kier molecular flexibility index (Phi) is 6.45. The Morgan fingerprint density at radius 2 is 1.94 bits per heavy atom. The van der Waals surface area contributed by atoms with Gasteiger partial charge in [-0.1, -0.05) is 11.2 Å². The number of aromatic hydroxyl groups is 1. The number of hydrogen-bond donors (Lipinski definition) is 1. The number of rotatable bonds is 5. The van der Waals surface area contributed by atoms with Crippen LogP contribution in [0.25, 0.3) is 32.9 Å². The minimum Gasteiger partial charge on any atom is -0.508 e. The third-order valence-electron chi connectivity index (χ3n) is 10.7. The van der Waals surface area contributed by atoms with Gasteiger partial charge in [-0.05, 0) is 49.4 Å². The van der Waals surface area contributed by atoms with Gasteiger partial charge < -0.3 is 24.2 Å². The van der Waals surface area contributed by atoms with Gasteiger partial charge in [0.2, 0.25) is 0 Å². The first-order chi connectivity index (χ1) is 23.3. The van der Waals surface area contributed by atoms with Crippen molar-refractivity contribution < 1.29 is 27.5 Å². The van der Waals surface area contributed by atoms with Crippen LogP contribution in [0.4, 0.5) is 19.0 Å². The lowest BCUT2D eigenvalue weighted by Crippen LogP contribution is -2.47. The van der Waals surface area contributed by atoms with Crippen molar-refractivity contribution in [2.75, 3.05) is 44.2 Å². The van der Waals surface area contributed by atoms with Crippen LogP contribution in [-0.4, -0.2) is 85.9 Å². The SMILES string of the molecule is N#CN1CCN(c2nc(OCC34CCCN3C3Cc5nocc5C3C4)nc3c(F)c(-c4cc(O)cc5ccc(F)c(F)c45)ncc23)CC1. The highest BCUT2D eigenvalue weighted by Crippen LogP contribution is 2.54. The zero-order chi connectivity index (χ0) is 32.7. The number of ether oxygens (including phenoxy) is 1. The summed E-state index contributed by atoms with van der Waals surface area (Å²) < 4.78 is 57.9. The average Bonchev–Trinajstić information content (AvgIpc) is 3.85. The molecule has 3 aromatic heterocycles. The molecule has 0 spiro atoms. The summed E-state index contributed by atoms with van der Waals surface area (Å²) in [5.74, 6) is -2.72. The van der Waals surface area contributed by atoms with Crippen LogP contribution in [0.15, 0.2) is 41.2 Å². The Morgan fingerprint density at radius 1 is 1.08 bits per heavy atom. The van der Waals surface area contributed by atoms with Crippen molar-refractivity contribution in [1.29, 1.82) is 5.26 Å². The monoisotopic (exact) mass is 654 g/mol. The predicted molar refractivity (Wildman–Crippen MR) is 167 cm³/mol. The van der Waals surface area contributed by atoms with Crippen molar-refractivity contribution in [2.24, 2.45) is 0 Å². The van der Waals surface area contributed by atoms with Crippen molar-refractivity contribution in [3.05, 3.63) is 65.4 Å². The summed E-state index contributed by atoms with van der Waals surface area (Å²) in [5, 5.41) is 24.3. The molecule has 244 valence electrons. The van der Waals surface area contributed by atoms with Crippen LogP contribution in [0, 0.1) is 28.9 Å². The summed E-state index contributed by atoms with van der Waals surface area (Å²) in [7, 11) is 0. The van der Waals surface area contributed by atoms with Gasteiger partial charge in [-0.2, -0.15) is 15.2 Å². The van der Waals surface area contributed by atoms with E-state index in [-0.39, 0.29) is 44.8 Å². The lowest BCUT2D eigenvalue weighted by atomic mass is 9.88. The number of pyridine rings is 1. The molecule has 3 unspecified atom stereocenters. The van der Waals surface area contributed by atoms with E-state index in [2.05, 4.69) is 26.2 Å². The maximum atomic E-state index is 16.7. The van der Waals surface area contributed by atoms with E-state index in [1.54, 1.807) is 11.2 Å². The maximum Gasteiger partial charge on any atom is 0.319 e. The minimum atomic E-state index is -1.17. The van der Waals surface area contributed by atoms with E-state index >= 15 is 8.78 Å². The largest absolute Gasteiger partial charge is 0.508 e. The second-order valence-electron chi connectivity index (χ2n) is 13.1. The Hall–Kier alpha value is -5.16. The second kappa shape index (κ2) is 10.7. The molecule has 0 radical (unpaired) electrons. The standard InChI is InChI=1S/C34H29F3N8O3/c35-24-3-2-18-10-19(46)11-20(27(18)28(24)36)30-29(37)31-22(14-39-30)32(44-8-6-43(17-38)7-9-44)41-33(40-31)47-16-34-4-1-5-45(34)26-12-25-23(15-48-42-25)21(26)13-34/h2-3,10-11,14-15,21,26,46H,1,4-9,12-13,16H2. The zero-order valence-corrected chi connectivity index (χ0v) is 25.7. The summed E-state index contributed by atoms with van der Waals surface area (Å²) in [6.45, 7) is 3.06. The number of piperazine rings is 1. The molecule has 0 amide bonds. The summed E-state index contributed by atoms with van der Waals surface area (Å²) in [4.78, 5) is 19.8. The van der Waals surface area contributed by atoms with Gasteiger partial charge in [0.1, 0.15) is 35.6 Å². The van der Waals surface area contributed by atoms with Crippen LogP contribution in [0.3, 0.4) is 0 Å². The predicted octanol–water partition coefficient (Wildman–Crippen LogP) is 4.88. The van der Waals surface area contributed by atoms with E-state index < -0.39 is 17.5 Å². The Bertz CT molecular complexity index is 2160. The summed E-state index contributed by atoms with van der Waals surface area (Å²) in [6, 6.07) is 5.01. The van der Waals surface area contributed by atoms with Gasteiger partial charge in [0.25, 0.3) is 0 Å². The number of benzene rings is 2. The summed E-state index contributed by atoms with van der Waals surface area (Å²) in [6.07, 6.45) is 9.00. The smallest absolute Gasteiger partial charge is 0.319 e. The first-order valence-electron chi connectivity index (χ1n) is 16.0. The molecule has 3 fully saturated rings. The summed E-state index contributed by atoms with van der Waals surface area (Å²) >= 11 is 0. The Labute approximate surface area is 272 Å². The van der Waals surface area contributed by atoms with Crippen molar-refractivity contribution >= 4 is 27.5 Å². The molecular formula is C34H29F3N8O3. The van der Waals surface area contributed by atoms with Crippen molar-refractivity contribution in [3.63, 3.8) is 0 Å². The van der Waals surface area contributed by atoms with E-state index in [9.17, 15) is 14.8 Å². The van der Waals surface area contributed by atoms with Crippen molar-refractivity contribution in [2.45, 2.75) is 43.2 Å². The first-order valence-corrected chi connectivity index (χ1v) is 16.0. The van der Waals surface area contributed by atoms with Gasteiger partial charge in [-0.15, -0.1) is 0 Å². The van der Waals surface area contributed by atoms with Crippen LogP contribution in [-0.2, 0) is 6.42 Å². The molecule has 9 rings (SSSR count). The third-order valence-corrected chi connectivity index (χ3v) is 10.7. The van der Waals surface area contributed by atoms with E-state index in [1.165, 1.54) is 18.3 Å². The van der Waals surface area contributed by atoms with Gasteiger partial charge >= 0.3 is 6.01 Å². The average molecular weight is 655 g/mol. The number of anilines is 1. The normalized spacial score (nSPS) is 23.5. The van der Waals surface area contributed by atoms with Crippen LogP contribution in [0.1, 0.15) is 36.4 Å². The van der Waals surface area contributed by atoms with Crippen LogP contribution >= 0.6 is 0 Å². The van der Waals surface area contributed by atoms with Crippen LogP contribution in [0.2, 0.25) is 0 Å². The molecule has 14 heteroatoms. The molecule has 0 saturated carbocycles. The quantitative estimate of drug-likeness (QED) is 0.261. The fourth-order valence-corrected chi connectivity index (χ4v) is 8.46. The fraction of sp³-hybridized carbons (Fsp3) is 0.382. The summed E-state index contributed by atoms with van der Waals surface area (Å²) in [5.41, 5.74) is 1.42. The molecular weight excluding hydrogens is 625 g/mol. The molecule has 4 aliphatic rings. The highest BCUT2D eigenvalue weighted by molar-refractivity contribution is 6.00. The molecule has 3 aliphatic heterocycles. The maximum absolute atomic E-state index is 16.7. The highest BCUT2D eigenvalue weighted by Gasteiger charge is 2.58. The topological polar surface area (TPSA) is 128 Å². The molecule has 6 heterocycles. The van der Waals surface area contributed by atoms with E-state index in [0.717, 1.165) is 55.6 Å². The number of halogens is 3. The molecule has 48 heavy (non-hydrogen) atoms. The number of hydrogen-bond acceptors (Lipinski definition) is 11. The van der Waals surface area contributed by atoms with E-state index in [1.807, 2.05) is 4.90 Å². The molecule has 1 N–H and O–H groups in total. The molecule has 5 aromatic rings. The van der Waals surface area contributed by atoms with Crippen LogP contribution < -0.4 is 9.64 Å². The van der Waals surface area contributed by atoms with Gasteiger partial charge in [0, 0.05) is 67.3 Å². The number of aromatic nitrogens is 4.